The van der Waals surface area contributed by atoms with Crippen molar-refractivity contribution in [3.8, 4) is 5.75 Å². The summed E-state index contributed by atoms with van der Waals surface area (Å²) in [5.74, 6) is 1.59. The summed E-state index contributed by atoms with van der Waals surface area (Å²) < 4.78 is 6.10. The molecule has 5 nitrogen and oxygen atoms in total. The van der Waals surface area contributed by atoms with Crippen molar-refractivity contribution in [1.82, 2.24) is 9.80 Å². The predicted octanol–water partition coefficient (Wildman–Crippen LogP) is 3.48. The maximum absolute atomic E-state index is 12.7. The van der Waals surface area contributed by atoms with Crippen LogP contribution in [-0.2, 0) is 4.79 Å². The number of likely N-dealkylation sites (tertiary alicyclic amines) is 2. The minimum absolute atomic E-state index is 0.135. The van der Waals surface area contributed by atoms with Crippen molar-refractivity contribution in [3.63, 3.8) is 0 Å². The lowest BCUT2D eigenvalue weighted by Crippen LogP contribution is -2.42. The van der Waals surface area contributed by atoms with Gasteiger partial charge in [0, 0.05) is 50.5 Å². The van der Waals surface area contributed by atoms with Crippen LogP contribution in [0.25, 0.3) is 0 Å². The van der Waals surface area contributed by atoms with Gasteiger partial charge in [-0.3, -0.25) is 9.59 Å². The Kier molecular flexibility index (Phi) is 5.65. The first-order chi connectivity index (χ1) is 13.2. The van der Waals surface area contributed by atoms with Gasteiger partial charge in [-0.05, 0) is 49.9 Å². The number of amides is 2. The summed E-state index contributed by atoms with van der Waals surface area (Å²) in [4.78, 5) is 28.8. The Morgan fingerprint density at radius 1 is 0.778 bits per heavy atom. The predicted molar refractivity (Wildman–Crippen MR) is 104 cm³/mol. The van der Waals surface area contributed by atoms with E-state index in [0.717, 1.165) is 76.0 Å². The molecule has 2 heterocycles. The molecule has 1 aliphatic carbocycles. The molecule has 146 valence electrons. The third-order valence-corrected chi connectivity index (χ3v) is 5.98. The van der Waals surface area contributed by atoms with Gasteiger partial charge in [0.25, 0.3) is 5.91 Å². The zero-order chi connectivity index (χ0) is 18.6. The summed E-state index contributed by atoms with van der Waals surface area (Å²) in [6.07, 6.45) is 8.71. The monoisotopic (exact) mass is 370 g/mol. The van der Waals surface area contributed by atoms with Gasteiger partial charge in [0.15, 0.2) is 0 Å². The minimum atomic E-state index is 0.135. The lowest BCUT2D eigenvalue weighted by molar-refractivity contribution is -0.134. The number of benzene rings is 1. The van der Waals surface area contributed by atoms with Gasteiger partial charge in [-0.1, -0.05) is 12.8 Å². The Hall–Kier alpha value is -2.04. The van der Waals surface area contributed by atoms with Gasteiger partial charge in [-0.15, -0.1) is 0 Å². The highest BCUT2D eigenvalue weighted by molar-refractivity contribution is 5.94. The van der Waals surface area contributed by atoms with Crippen LogP contribution in [-0.4, -0.2) is 53.9 Å². The molecule has 3 fully saturated rings. The van der Waals surface area contributed by atoms with Crippen molar-refractivity contribution in [2.45, 2.75) is 57.5 Å². The van der Waals surface area contributed by atoms with E-state index in [0.29, 0.717) is 11.8 Å². The summed E-state index contributed by atoms with van der Waals surface area (Å²) in [7, 11) is 0. The number of carbonyl (C=O) groups is 2. The van der Waals surface area contributed by atoms with Crippen molar-refractivity contribution in [1.29, 1.82) is 0 Å². The van der Waals surface area contributed by atoms with Gasteiger partial charge in [0.2, 0.25) is 5.91 Å². The number of ether oxygens (including phenoxy) is 1. The molecule has 1 aromatic rings. The first-order valence-corrected chi connectivity index (χ1v) is 10.6. The van der Waals surface area contributed by atoms with E-state index in [2.05, 4.69) is 0 Å². The molecule has 2 aliphatic heterocycles. The molecular formula is C22H30N2O3. The Labute approximate surface area is 161 Å². The second-order valence-corrected chi connectivity index (χ2v) is 8.15. The smallest absolute Gasteiger partial charge is 0.253 e. The normalized spacial score (nSPS) is 21.6. The van der Waals surface area contributed by atoms with Gasteiger partial charge in [0.1, 0.15) is 11.9 Å². The van der Waals surface area contributed by atoms with Crippen molar-refractivity contribution in [2.75, 3.05) is 26.2 Å². The average molecular weight is 370 g/mol. The van der Waals surface area contributed by atoms with E-state index < -0.39 is 0 Å². The third kappa shape index (κ3) is 4.63. The zero-order valence-corrected chi connectivity index (χ0v) is 16.1. The molecule has 1 aromatic carbocycles. The molecule has 0 spiro atoms. The number of hydrogen-bond acceptors (Lipinski definition) is 3. The molecule has 2 saturated heterocycles. The molecule has 0 radical (unpaired) electrons. The Morgan fingerprint density at radius 3 is 2.00 bits per heavy atom. The van der Waals surface area contributed by atoms with Crippen LogP contribution in [0.15, 0.2) is 24.3 Å². The van der Waals surface area contributed by atoms with E-state index in [9.17, 15) is 9.59 Å². The summed E-state index contributed by atoms with van der Waals surface area (Å²) in [6.45, 7) is 3.33. The van der Waals surface area contributed by atoms with Crippen molar-refractivity contribution >= 4 is 11.8 Å². The van der Waals surface area contributed by atoms with E-state index in [-0.39, 0.29) is 12.0 Å². The quantitative estimate of drug-likeness (QED) is 0.815. The lowest BCUT2D eigenvalue weighted by atomic mass is 10.1. The first-order valence-electron chi connectivity index (χ1n) is 10.6. The summed E-state index contributed by atoms with van der Waals surface area (Å²) in [6, 6.07) is 7.59. The highest BCUT2D eigenvalue weighted by Gasteiger charge is 2.35. The largest absolute Gasteiger partial charge is 0.490 e. The maximum Gasteiger partial charge on any atom is 0.253 e. The van der Waals surface area contributed by atoms with Gasteiger partial charge in [-0.2, -0.15) is 0 Å². The fraction of sp³-hybridized carbons (Fsp3) is 0.636. The van der Waals surface area contributed by atoms with Gasteiger partial charge in [0.05, 0.1) is 0 Å². The van der Waals surface area contributed by atoms with Crippen molar-refractivity contribution in [3.05, 3.63) is 29.8 Å². The number of nitrogens with zero attached hydrogens (tertiary/aromatic N) is 2. The second kappa shape index (κ2) is 8.32. The third-order valence-electron chi connectivity index (χ3n) is 5.98. The SMILES string of the molecule is O=C(c1ccc(OC2CCN(C(=O)C3CC3)CC2)cc1)N1CCCCCC1. The van der Waals surface area contributed by atoms with Crippen LogP contribution in [0, 0.1) is 5.92 Å². The number of carbonyl (C=O) groups excluding carboxylic acids is 2. The molecule has 1 saturated carbocycles. The fourth-order valence-electron chi connectivity index (χ4n) is 4.11. The van der Waals surface area contributed by atoms with Crippen LogP contribution < -0.4 is 4.74 Å². The number of hydrogen-bond donors (Lipinski definition) is 0. The minimum Gasteiger partial charge on any atom is -0.490 e. The van der Waals surface area contributed by atoms with Crippen molar-refractivity contribution < 1.29 is 14.3 Å². The Morgan fingerprint density at radius 2 is 1.41 bits per heavy atom. The van der Waals surface area contributed by atoms with Crippen LogP contribution in [0.3, 0.4) is 0 Å². The molecule has 0 N–H and O–H groups in total. The first kappa shape index (κ1) is 18.3. The van der Waals surface area contributed by atoms with E-state index in [1.54, 1.807) is 0 Å². The standard InChI is InChI=1S/C22H30N2O3/c25-21(23-13-3-1-2-4-14-23)18-7-9-19(10-8-18)27-20-11-15-24(16-12-20)22(26)17-5-6-17/h7-10,17,20H,1-6,11-16H2. The van der Waals surface area contributed by atoms with Crippen LogP contribution in [0.1, 0.15) is 61.7 Å². The molecule has 3 aliphatic rings. The van der Waals surface area contributed by atoms with E-state index >= 15 is 0 Å². The highest BCUT2D eigenvalue weighted by atomic mass is 16.5. The topological polar surface area (TPSA) is 49.9 Å². The van der Waals surface area contributed by atoms with Crippen LogP contribution in [0.4, 0.5) is 0 Å². The molecule has 0 aromatic heterocycles. The molecule has 2 amide bonds. The highest BCUT2D eigenvalue weighted by Crippen LogP contribution is 2.32. The molecule has 0 unspecified atom stereocenters. The lowest BCUT2D eigenvalue weighted by Gasteiger charge is -2.32. The maximum atomic E-state index is 12.7. The number of piperidine rings is 1. The van der Waals surface area contributed by atoms with E-state index in [1.165, 1.54) is 12.8 Å². The summed E-state index contributed by atoms with van der Waals surface area (Å²) in [5.41, 5.74) is 0.745. The molecule has 4 rings (SSSR count). The van der Waals surface area contributed by atoms with Crippen molar-refractivity contribution in [2.24, 2.45) is 5.92 Å². The van der Waals surface area contributed by atoms with E-state index in [4.69, 9.17) is 4.74 Å². The average Bonchev–Trinajstić information content (AvgIpc) is 3.55. The second-order valence-electron chi connectivity index (χ2n) is 8.15. The van der Waals surface area contributed by atoms with E-state index in [1.807, 2.05) is 34.1 Å². The van der Waals surface area contributed by atoms with Crippen LogP contribution in [0.2, 0.25) is 0 Å². The molecular weight excluding hydrogens is 340 g/mol. The Bertz CT molecular complexity index is 653. The summed E-state index contributed by atoms with van der Waals surface area (Å²) >= 11 is 0. The molecule has 27 heavy (non-hydrogen) atoms. The molecule has 0 atom stereocenters. The summed E-state index contributed by atoms with van der Waals surface area (Å²) in [5, 5.41) is 0. The van der Waals surface area contributed by atoms with Gasteiger partial charge in [-0.25, -0.2) is 0 Å². The molecule has 0 bridgehead atoms. The van der Waals surface area contributed by atoms with Crippen LogP contribution in [0.5, 0.6) is 5.75 Å². The van der Waals surface area contributed by atoms with Gasteiger partial charge < -0.3 is 14.5 Å². The zero-order valence-electron chi connectivity index (χ0n) is 16.1. The Balaban J connectivity index is 1.28. The van der Waals surface area contributed by atoms with Crippen LogP contribution >= 0.6 is 0 Å². The van der Waals surface area contributed by atoms with Gasteiger partial charge >= 0.3 is 0 Å². The molecule has 5 heteroatoms. The number of rotatable bonds is 4. The fourth-order valence-corrected chi connectivity index (χ4v) is 4.11.